The molecule has 0 aliphatic carbocycles. The third kappa shape index (κ3) is 9.29. The lowest BCUT2D eigenvalue weighted by molar-refractivity contribution is -0.137. The molecule has 45 heavy (non-hydrogen) atoms. The molecule has 0 unspecified atom stereocenters. The Labute approximate surface area is 266 Å². The molecule has 0 saturated heterocycles. The van der Waals surface area contributed by atoms with Crippen LogP contribution in [0.1, 0.15) is 65.0 Å². The van der Waals surface area contributed by atoms with Crippen molar-refractivity contribution in [3.63, 3.8) is 0 Å². The highest BCUT2D eigenvalue weighted by Gasteiger charge is 2.24. The number of carbonyl (C=O) groups is 3. The van der Waals surface area contributed by atoms with Gasteiger partial charge in [-0.1, -0.05) is 92.2 Å². The largest absolute Gasteiger partial charge is 0.494 e. The molecule has 0 bridgehead atoms. The van der Waals surface area contributed by atoms with E-state index in [1.54, 1.807) is 17.0 Å². The van der Waals surface area contributed by atoms with Crippen molar-refractivity contribution in [3.8, 4) is 16.9 Å². The molecule has 0 aromatic heterocycles. The molecule has 0 atom stereocenters. The van der Waals surface area contributed by atoms with Gasteiger partial charge in [-0.3, -0.25) is 14.4 Å². The summed E-state index contributed by atoms with van der Waals surface area (Å²) in [6.07, 6.45) is 2.20. The highest BCUT2D eigenvalue weighted by atomic mass is 16.5. The molecule has 7 nitrogen and oxygen atoms in total. The van der Waals surface area contributed by atoms with Crippen LogP contribution in [0.15, 0.2) is 103 Å². The number of carboxylic acids is 1. The Balaban J connectivity index is 1.65. The normalized spacial score (nSPS) is 10.7. The second kappa shape index (κ2) is 16.8. The summed E-state index contributed by atoms with van der Waals surface area (Å²) in [5.74, 6) is -0.588. The van der Waals surface area contributed by atoms with Crippen LogP contribution in [0.5, 0.6) is 5.75 Å². The summed E-state index contributed by atoms with van der Waals surface area (Å²) in [4.78, 5) is 43.3. The molecule has 4 aromatic carbocycles. The maximum absolute atomic E-state index is 14.2. The molecule has 2 amide bonds. The summed E-state index contributed by atoms with van der Waals surface area (Å²) >= 11 is 0. The number of ether oxygens (including phenoxy) is 1. The van der Waals surface area contributed by atoms with Gasteiger partial charge in [0.25, 0.3) is 11.8 Å². The van der Waals surface area contributed by atoms with Gasteiger partial charge in [0.1, 0.15) is 5.75 Å². The van der Waals surface area contributed by atoms with E-state index in [-0.39, 0.29) is 24.8 Å². The maximum Gasteiger partial charge on any atom is 0.305 e. The number of nitrogens with zero attached hydrogens (tertiary/aromatic N) is 2. The smallest absolute Gasteiger partial charge is 0.305 e. The number of aliphatic carboxylic acids is 1. The molecule has 0 aliphatic rings. The van der Waals surface area contributed by atoms with Crippen LogP contribution >= 0.6 is 0 Å². The van der Waals surface area contributed by atoms with Crippen molar-refractivity contribution < 1.29 is 24.2 Å². The Hall–Kier alpha value is -4.91. The fraction of sp³-hybridized carbons (Fsp3) is 0.289. The summed E-state index contributed by atoms with van der Waals surface area (Å²) in [6, 6.07) is 32.3. The van der Waals surface area contributed by atoms with Crippen LogP contribution in [-0.2, 0) is 17.8 Å². The minimum atomic E-state index is -0.971. The van der Waals surface area contributed by atoms with Crippen LogP contribution in [0, 0.1) is 0 Å². The van der Waals surface area contributed by atoms with E-state index < -0.39 is 5.97 Å². The lowest BCUT2D eigenvalue weighted by Crippen LogP contribution is -2.35. The Morgan fingerprint density at radius 2 is 1.27 bits per heavy atom. The Morgan fingerprint density at radius 3 is 1.89 bits per heavy atom. The summed E-state index contributed by atoms with van der Waals surface area (Å²) in [5, 5.41) is 9.45. The number of benzene rings is 4. The fourth-order valence-corrected chi connectivity index (χ4v) is 5.32. The third-order valence-corrected chi connectivity index (χ3v) is 7.65. The van der Waals surface area contributed by atoms with Crippen molar-refractivity contribution >= 4 is 17.8 Å². The number of amides is 2. The second-order valence-electron chi connectivity index (χ2n) is 10.9. The van der Waals surface area contributed by atoms with Gasteiger partial charge in [0.2, 0.25) is 0 Å². The molecule has 0 aliphatic heterocycles. The molecule has 234 valence electrons. The highest BCUT2D eigenvalue weighted by molar-refractivity contribution is 6.06. The SMILES string of the molecule is CCCCN(Cc1ccccc1)C(=O)c1ccccc1-c1ccccc1C(=O)N(CCC(=O)O)CCc1cccc(OCC)c1. The predicted molar refractivity (Wildman–Crippen MR) is 177 cm³/mol. The first-order valence-corrected chi connectivity index (χ1v) is 15.7. The molecule has 0 radical (unpaired) electrons. The van der Waals surface area contributed by atoms with Crippen LogP contribution in [0.25, 0.3) is 11.1 Å². The van der Waals surface area contributed by atoms with Crippen molar-refractivity contribution in [3.05, 3.63) is 125 Å². The number of carbonyl (C=O) groups excluding carboxylic acids is 2. The van der Waals surface area contributed by atoms with Crippen molar-refractivity contribution in [2.75, 3.05) is 26.2 Å². The summed E-state index contributed by atoms with van der Waals surface area (Å²) in [6.45, 7) is 6.08. The predicted octanol–water partition coefficient (Wildman–Crippen LogP) is 7.35. The maximum atomic E-state index is 14.2. The first-order valence-electron chi connectivity index (χ1n) is 15.7. The monoisotopic (exact) mass is 606 g/mol. The molecule has 0 heterocycles. The zero-order valence-corrected chi connectivity index (χ0v) is 26.2. The topological polar surface area (TPSA) is 87.2 Å². The third-order valence-electron chi connectivity index (χ3n) is 7.65. The molecular weight excluding hydrogens is 564 g/mol. The number of rotatable bonds is 16. The van der Waals surface area contributed by atoms with Gasteiger partial charge < -0.3 is 19.6 Å². The lowest BCUT2D eigenvalue weighted by Gasteiger charge is -2.26. The van der Waals surface area contributed by atoms with Gasteiger partial charge in [-0.2, -0.15) is 0 Å². The van der Waals surface area contributed by atoms with Crippen molar-refractivity contribution in [1.29, 1.82) is 0 Å². The van der Waals surface area contributed by atoms with E-state index in [4.69, 9.17) is 4.74 Å². The Morgan fingerprint density at radius 1 is 0.667 bits per heavy atom. The zero-order chi connectivity index (χ0) is 32.0. The van der Waals surface area contributed by atoms with E-state index >= 15 is 0 Å². The zero-order valence-electron chi connectivity index (χ0n) is 26.2. The van der Waals surface area contributed by atoms with E-state index in [2.05, 4.69) is 6.92 Å². The van der Waals surface area contributed by atoms with Crippen LogP contribution in [0.4, 0.5) is 0 Å². The fourth-order valence-electron chi connectivity index (χ4n) is 5.32. The van der Waals surface area contributed by atoms with Gasteiger partial charge in [0.15, 0.2) is 0 Å². The van der Waals surface area contributed by atoms with E-state index in [0.717, 1.165) is 29.7 Å². The van der Waals surface area contributed by atoms with E-state index in [1.165, 1.54) is 0 Å². The number of hydrogen-bond donors (Lipinski definition) is 1. The molecular formula is C38H42N2O5. The number of carboxylic acid groups (broad SMARTS) is 1. The Kier molecular flexibility index (Phi) is 12.3. The average molecular weight is 607 g/mol. The number of unbranched alkanes of at least 4 members (excludes halogenated alkanes) is 1. The standard InChI is InChI=1S/C38H42N2O5/c1-3-5-24-40(28-30-14-7-6-8-15-30)38(44)35-21-12-10-19-33(35)32-18-9-11-20-34(32)37(43)39(26-23-36(41)42)25-22-29-16-13-17-31(27-29)45-4-2/h6-21,27H,3-5,22-26,28H2,1-2H3,(H,41,42). The van der Waals surface area contributed by atoms with Crippen molar-refractivity contribution in [2.24, 2.45) is 0 Å². The van der Waals surface area contributed by atoms with Gasteiger partial charge in [0, 0.05) is 37.3 Å². The van der Waals surface area contributed by atoms with E-state index in [1.807, 2.05) is 103 Å². The second-order valence-corrected chi connectivity index (χ2v) is 10.9. The molecule has 0 fully saturated rings. The molecule has 7 heteroatoms. The van der Waals surface area contributed by atoms with Gasteiger partial charge in [-0.15, -0.1) is 0 Å². The molecule has 4 aromatic rings. The van der Waals surface area contributed by atoms with Crippen LogP contribution in [0.2, 0.25) is 0 Å². The van der Waals surface area contributed by atoms with E-state index in [0.29, 0.717) is 54.9 Å². The van der Waals surface area contributed by atoms with Crippen molar-refractivity contribution in [2.45, 2.75) is 46.1 Å². The summed E-state index contributed by atoms with van der Waals surface area (Å²) in [5.41, 5.74) is 4.30. The molecule has 4 rings (SSSR count). The van der Waals surface area contributed by atoms with Gasteiger partial charge in [-0.05, 0) is 66.3 Å². The van der Waals surface area contributed by atoms with Crippen molar-refractivity contribution in [1.82, 2.24) is 9.80 Å². The summed E-state index contributed by atoms with van der Waals surface area (Å²) in [7, 11) is 0. The van der Waals surface area contributed by atoms with Crippen LogP contribution in [-0.4, -0.2) is 58.9 Å². The van der Waals surface area contributed by atoms with Gasteiger partial charge >= 0.3 is 5.97 Å². The van der Waals surface area contributed by atoms with Crippen LogP contribution < -0.4 is 4.74 Å². The Bertz CT molecular complexity index is 1570. The molecule has 0 spiro atoms. The molecule has 1 N–H and O–H groups in total. The molecule has 0 saturated carbocycles. The highest BCUT2D eigenvalue weighted by Crippen LogP contribution is 2.30. The first-order chi connectivity index (χ1) is 21.9. The first kappa shape index (κ1) is 33.0. The van der Waals surface area contributed by atoms with Crippen LogP contribution in [0.3, 0.4) is 0 Å². The lowest BCUT2D eigenvalue weighted by atomic mass is 9.93. The minimum Gasteiger partial charge on any atom is -0.494 e. The average Bonchev–Trinajstić information content (AvgIpc) is 3.07. The van der Waals surface area contributed by atoms with E-state index in [9.17, 15) is 19.5 Å². The number of hydrogen-bond acceptors (Lipinski definition) is 4. The summed E-state index contributed by atoms with van der Waals surface area (Å²) < 4.78 is 5.63. The van der Waals surface area contributed by atoms with Gasteiger partial charge in [0.05, 0.1) is 13.0 Å². The minimum absolute atomic E-state index is 0.0656. The van der Waals surface area contributed by atoms with Gasteiger partial charge in [-0.25, -0.2) is 0 Å². The quantitative estimate of drug-likeness (QED) is 0.144.